The van der Waals surface area contributed by atoms with Gasteiger partial charge in [-0.3, -0.25) is 4.79 Å². The van der Waals surface area contributed by atoms with E-state index < -0.39 is 5.97 Å². The maximum atomic E-state index is 10.9. The van der Waals surface area contributed by atoms with Crippen LogP contribution in [0.4, 0.5) is 5.69 Å². The van der Waals surface area contributed by atoms with Crippen LogP contribution in [-0.2, 0) is 17.6 Å². The van der Waals surface area contributed by atoms with Crippen molar-refractivity contribution in [3.63, 3.8) is 0 Å². The van der Waals surface area contributed by atoms with Gasteiger partial charge in [0.1, 0.15) is 0 Å². The van der Waals surface area contributed by atoms with E-state index in [1.807, 2.05) is 25.1 Å². The van der Waals surface area contributed by atoms with Crippen LogP contribution in [0.2, 0.25) is 0 Å². The Labute approximate surface area is 144 Å². The van der Waals surface area contributed by atoms with Crippen molar-refractivity contribution in [2.24, 2.45) is 5.92 Å². The van der Waals surface area contributed by atoms with E-state index in [2.05, 4.69) is 31.8 Å². The number of nitrogens with one attached hydrogen (secondary N) is 1. The average molecular weight is 328 g/mol. The van der Waals surface area contributed by atoms with Crippen LogP contribution >= 0.6 is 0 Å². The second-order valence-corrected chi connectivity index (χ2v) is 6.91. The first-order chi connectivity index (χ1) is 11.3. The summed E-state index contributed by atoms with van der Waals surface area (Å²) >= 11 is 0. The number of carbonyl (C=O) groups is 1. The van der Waals surface area contributed by atoms with E-state index in [9.17, 15) is 4.79 Å². The van der Waals surface area contributed by atoms with Gasteiger partial charge in [0.25, 0.3) is 0 Å². The lowest BCUT2D eigenvalue weighted by molar-refractivity contribution is -0.136. The van der Waals surface area contributed by atoms with Gasteiger partial charge in [0.15, 0.2) is 0 Å². The summed E-state index contributed by atoms with van der Waals surface area (Å²) in [6, 6.07) is 8.06. The number of anilines is 1. The highest BCUT2D eigenvalue weighted by atomic mass is 16.4. The predicted octanol–water partition coefficient (Wildman–Crippen LogP) is 4.21. The van der Waals surface area contributed by atoms with Gasteiger partial charge >= 0.3 is 5.97 Å². The lowest BCUT2D eigenvalue weighted by Crippen LogP contribution is -2.13. The fourth-order valence-corrected chi connectivity index (χ4v) is 3.44. The van der Waals surface area contributed by atoms with Gasteiger partial charge in [0.2, 0.25) is 0 Å². The molecule has 0 radical (unpaired) electrons. The van der Waals surface area contributed by atoms with Gasteiger partial charge in [-0.05, 0) is 61.3 Å². The number of para-hydroxylation sites is 1. The highest BCUT2D eigenvalue weighted by molar-refractivity contribution is 5.67. The highest BCUT2D eigenvalue weighted by Crippen LogP contribution is 2.33. The summed E-state index contributed by atoms with van der Waals surface area (Å²) in [5, 5.41) is 8.94. The van der Waals surface area contributed by atoms with Crippen molar-refractivity contribution in [1.82, 2.24) is 4.98 Å². The predicted molar refractivity (Wildman–Crippen MR) is 98.4 cm³/mol. The third-order valence-corrected chi connectivity index (χ3v) is 4.91. The maximum absolute atomic E-state index is 10.9. The Balaban J connectivity index is 2.29. The Morgan fingerprint density at radius 1 is 1.25 bits per heavy atom. The molecule has 0 bridgehead atoms. The number of aliphatic carboxylic acids is 1. The SMILES string of the molecule is Cc1[nH]c(CC(c2ccccc2N)C(C)C)c(C)c1CCC(=O)O. The molecule has 2 rings (SSSR count). The van der Waals surface area contributed by atoms with Crippen LogP contribution in [0.5, 0.6) is 0 Å². The Morgan fingerprint density at radius 3 is 2.50 bits per heavy atom. The molecule has 0 aliphatic rings. The van der Waals surface area contributed by atoms with E-state index in [1.54, 1.807) is 0 Å². The zero-order valence-electron chi connectivity index (χ0n) is 15.0. The summed E-state index contributed by atoms with van der Waals surface area (Å²) in [4.78, 5) is 14.3. The van der Waals surface area contributed by atoms with E-state index in [-0.39, 0.29) is 6.42 Å². The van der Waals surface area contributed by atoms with E-state index in [0.717, 1.165) is 23.4 Å². The lowest BCUT2D eigenvalue weighted by atomic mass is 9.83. The molecule has 2 aromatic rings. The summed E-state index contributed by atoms with van der Waals surface area (Å²) in [6.07, 6.45) is 1.62. The number of aromatic nitrogens is 1. The second-order valence-electron chi connectivity index (χ2n) is 6.91. The molecule has 1 aromatic heterocycles. The summed E-state index contributed by atoms with van der Waals surface area (Å²) < 4.78 is 0. The maximum Gasteiger partial charge on any atom is 0.303 e. The number of hydrogen-bond acceptors (Lipinski definition) is 2. The number of rotatable bonds is 7. The number of aromatic amines is 1. The molecule has 4 nitrogen and oxygen atoms in total. The van der Waals surface area contributed by atoms with Crippen LogP contribution in [-0.4, -0.2) is 16.1 Å². The van der Waals surface area contributed by atoms with Gasteiger partial charge < -0.3 is 15.8 Å². The first-order valence-electron chi connectivity index (χ1n) is 8.54. The van der Waals surface area contributed by atoms with Crippen molar-refractivity contribution >= 4 is 11.7 Å². The third kappa shape index (κ3) is 3.99. The Kier molecular flexibility index (Phi) is 5.71. The van der Waals surface area contributed by atoms with E-state index in [1.165, 1.54) is 16.8 Å². The largest absolute Gasteiger partial charge is 0.481 e. The quantitative estimate of drug-likeness (QED) is 0.666. The van der Waals surface area contributed by atoms with Crippen LogP contribution in [0.15, 0.2) is 24.3 Å². The normalized spacial score (nSPS) is 12.5. The van der Waals surface area contributed by atoms with Gasteiger partial charge in [0.05, 0.1) is 0 Å². The molecule has 1 atom stereocenters. The van der Waals surface area contributed by atoms with Crippen molar-refractivity contribution in [1.29, 1.82) is 0 Å². The van der Waals surface area contributed by atoms with Gasteiger partial charge in [-0.1, -0.05) is 32.0 Å². The third-order valence-electron chi connectivity index (χ3n) is 4.91. The molecule has 1 unspecified atom stereocenters. The Morgan fingerprint density at radius 2 is 1.92 bits per heavy atom. The molecular formula is C20H28N2O2. The number of hydrogen-bond donors (Lipinski definition) is 3. The molecule has 24 heavy (non-hydrogen) atoms. The fraction of sp³-hybridized carbons (Fsp3) is 0.450. The molecule has 0 saturated heterocycles. The van der Waals surface area contributed by atoms with E-state index in [0.29, 0.717) is 18.3 Å². The van der Waals surface area contributed by atoms with Crippen LogP contribution in [0, 0.1) is 19.8 Å². The number of aryl methyl sites for hydroxylation is 1. The molecule has 0 saturated carbocycles. The Bertz CT molecular complexity index is 716. The number of nitrogen functional groups attached to an aromatic ring is 1. The van der Waals surface area contributed by atoms with Gasteiger partial charge in [-0.25, -0.2) is 0 Å². The smallest absolute Gasteiger partial charge is 0.303 e. The van der Waals surface area contributed by atoms with Crippen LogP contribution in [0.25, 0.3) is 0 Å². The summed E-state index contributed by atoms with van der Waals surface area (Å²) in [6.45, 7) is 8.54. The number of nitrogens with two attached hydrogens (primary N) is 1. The fourth-order valence-electron chi connectivity index (χ4n) is 3.44. The van der Waals surface area contributed by atoms with Crippen molar-refractivity contribution < 1.29 is 9.90 Å². The van der Waals surface area contributed by atoms with Crippen molar-refractivity contribution in [3.8, 4) is 0 Å². The van der Waals surface area contributed by atoms with E-state index in [4.69, 9.17) is 10.8 Å². The second kappa shape index (κ2) is 7.56. The first kappa shape index (κ1) is 18.1. The van der Waals surface area contributed by atoms with E-state index >= 15 is 0 Å². The minimum atomic E-state index is -0.756. The molecular weight excluding hydrogens is 300 g/mol. The monoisotopic (exact) mass is 328 g/mol. The molecule has 1 aromatic carbocycles. The average Bonchev–Trinajstić information content (AvgIpc) is 2.77. The van der Waals surface area contributed by atoms with Gasteiger partial charge in [-0.2, -0.15) is 0 Å². The van der Waals surface area contributed by atoms with Gasteiger partial charge in [0, 0.05) is 23.5 Å². The zero-order valence-corrected chi connectivity index (χ0v) is 15.0. The molecule has 0 aliphatic carbocycles. The lowest BCUT2D eigenvalue weighted by Gasteiger charge is -2.23. The molecule has 4 heteroatoms. The number of carboxylic acid groups (broad SMARTS) is 1. The molecule has 0 fully saturated rings. The van der Waals surface area contributed by atoms with Gasteiger partial charge in [-0.15, -0.1) is 0 Å². The molecule has 0 amide bonds. The topological polar surface area (TPSA) is 79.1 Å². The zero-order chi connectivity index (χ0) is 17.9. The van der Waals surface area contributed by atoms with Crippen LogP contribution < -0.4 is 5.73 Å². The summed E-state index contributed by atoms with van der Waals surface area (Å²) in [5.41, 5.74) is 12.8. The minimum absolute atomic E-state index is 0.165. The van der Waals surface area contributed by atoms with Crippen molar-refractivity contribution in [3.05, 3.63) is 52.3 Å². The standard InChI is InChI=1S/C20H28N2O2/c1-12(2)17(16-7-5-6-8-18(16)21)11-19-13(3)15(14(4)22-19)9-10-20(23)24/h5-8,12,17,22H,9-11,21H2,1-4H3,(H,23,24). The number of benzene rings is 1. The molecule has 1 heterocycles. The molecule has 0 spiro atoms. The molecule has 0 aliphatic heterocycles. The van der Waals surface area contributed by atoms with Crippen molar-refractivity contribution in [2.75, 3.05) is 5.73 Å². The van der Waals surface area contributed by atoms with Crippen molar-refractivity contribution in [2.45, 2.75) is 52.9 Å². The summed E-state index contributed by atoms with van der Waals surface area (Å²) in [5.74, 6) is 0.0316. The minimum Gasteiger partial charge on any atom is -0.481 e. The molecule has 4 N–H and O–H groups in total. The molecule has 130 valence electrons. The van der Waals surface area contributed by atoms with Crippen LogP contribution in [0.3, 0.4) is 0 Å². The summed E-state index contributed by atoms with van der Waals surface area (Å²) in [7, 11) is 0. The number of carboxylic acids is 1. The van der Waals surface area contributed by atoms with Crippen LogP contribution in [0.1, 0.15) is 54.3 Å². The number of H-pyrrole nitrogens is 1. The first-order valence-corrected chi connectivity index (χ1v) is 8.54. The highest BCUT2D eigenvalue weighted by Gasteiger charge is 2.22. The Hall–Kier alpha value is -2.23.